The van der Waals surface area contributed by atoms with Gasteiger partial charge in [-0.2, -0.15) is 5.10 Å². The largest absolute Gasteiger partial charge is 0.461 e. The molecule has 2 heterocycles. The summed E-state index contributed by atoms with van der Waals surface area (Å²) in [6, 6.07) is 11.3. The van der Waals surface area contributed by atoms with Crippen molar-refractivity contribution in [1.82, 2.24) is 9.78 Å². The van der Waals surface area contributed by atoms with E-state index < -0.39 is 35.3 Å². The number of anilines is 2. The number of hydrogen-bond acceptors (Lipinski definition) is 5. The van der Waals surface area contributed by atoms with Crippen LogP contribution < -0.4 is 10.2 Å². The summed E-state index contributed by atoms with van der Waals surface area (Å²) in [5.41, 5.74) is 1.16. The quantitative estimate of drug-likeness (QED) is 0.577. The van der Waals surface area contributed by atoms with Crippen molar-refractivity contribution in [1.29, 1.82) is 0 Å². The van der Waals surface area contributed by atoms with Gasteiger partial charge < -0.3 is 15.0 Å². The Morgan fingerprint density at radius 1 is 1.18 bits per heavy atom. The molecule has 4 rings (SSSR count). The van der Waals surface area contributed by atoms with Crippen molar-refractivity contribution in [3.8, 4) is 5.69 Å². The molecule has 1 N–H and O–H groups in total. The summed E-state index contributed by atoms with van der Waals surface area (Å²) in [5, 5.41) is 6.94. The Kier molecular flexibility index (Phi) is 6.16. The molecular weight excluding hydrogens is 434 g/mol. The van der Waals surface area contributed by atoms with Crippen LogP contribution in [0.15, 0.2) is 54.7 Å². The molecule has 0 aliphatic carbocycles. The predicted octanol–water partition coefficient (Wildman–Crippen LogP) is 3.32. The van der Waals surface area contributed by atoms with Gasteiger partial charge in [-0.25, -0.2) is 18.3 Å². The molecule has 0 radical (unpaired) electrons. The number of hydrogen-bond donors (Lipinski definition) is 1. The van der Waals surface area contributed by atoms with E-state index in [1.165, 1.54) is 16.8 Å². The summed E-state index contributed by atoms with van der Waals surface area (Å²) in [5.74, 6) is -3.67. The van der Waals surface area contributed by atoms with Gasteiger partial charge in [0.05, 0.1) is 23.9 Å². The minimum atomic E-state index is -0.862. The van der Waals surface area contributed by atoms with Crippen molar-refractivity contribution >= 4 is 29.2 Å². The predicted molar refractivity (Wildman–Crippen MR) is 115 cm³/mol. The van der Waals surface area contributed by atoms with Gasteiger partial charge in [0, 0.05) is 30.9 Å². The second-order valence-corrected chi connectivity index (χ2v) is 7.41. The Hall–Kier alpha value is -4.08. The summed E-state index contributed by atoms with van der Waals surface area (Å²) < 4.78 is 33.7. The molecular formula is C23H20F2N4O4. The molecule has 2 amide bonds. The lowest BCUT2D eigenvalue weighted by molar-refractivity contribution is -0.122. The highest BCUT2D eigenvalue weighted by Gasteiger charge is 2.36. The van der Waals surface area contributed by atoms with E-state index in [0.717, 1.165) is 11.0 Å². The molecule has 1 aliphatic heterocycles. The van der Waals surface area contributed by atoms with Gasteiger partial charge in [-0.05, 0) is 43.3 Å². The van der Waals surface area contributed by atoms with Crippen LogP contribution in [0.4, 0.5) is 20.2 Å². The van der Waals surface area contributed by atoms with Crippen molar-refractivity contribution in [2.24, 2.45) is 5.92 Å². The lowest BCUT2D eigenvalue weighted by Gasteiger charge is -2.17. The van der Waals surface area contributed by atoms with Crippen LogP contribution in [0.25, 0.3) is 5.69 Å². The van der Waals surface area contributed by atoms with Crippen molar-refractivity contribution in [2.45, 2.75) is 13.3 Å². The minimum Gasteiger partial charge on any atom is -0.461 e. The molecule has 1 atom stereocenters. The zero-order chi connectivity index (χ0) is 23.5. The van der Waals surface area contributed by atoms with Crippen LogP contribution in [0.3, 0.4) is 0 Å². The smallest absolute Gasteiger partial charge is 0.358 e. The zero-order valence-corrected chi connectivity index (χ0v) is 17.6. The molecule has 8 nitrogen and oxygen atoms in total. The number of nitrogens with one attached hydrogen (secondary N) is 1. The van der Waals surface area contributed by atoms with Gasteiger partial charge >= 0.3 is 5.97 Å². The second kappa shape index (κ2) is 9.19. The van der Waals surface area contributed by atoms with Gasteiger partial charge in [0.15, 0.2) is 5.69 Å². The van der Waals surface area contributed by atoms with Crippen LogP contribution in [0.2, 0.25) is 0 Å². The SMILES string of the molecule is CCOC(=O)c1ccn(-c2cccc(NC(=O)C3CC(=O)N(c4ccc(F)cc4F)C3)c2)n1. The highest BCUT2D eigenvalue weighted by Crippen LogP contribution is 2.28. The van der Waals surface area contributed by atoms with Crippen LogP contribution >= 0.6 is 0 Å². The molecule has 0 bridgehead atoms. The molecule has 1 aliphatic rings. The van der Waals surface area contributed by atoms with Gasteiger partial charge in [-0.15, -0.1) is 0 Å². The Morgan fingerprint density at radius 2 is 2.00 bits per heavy atom. The van der Waals surface area contributed by atoms with E-state index in [4.69, 9.17) is 4.74 Å². The van der Waals surface area contributed by atoms with Crippen molar-refractivity contribution in [2.75, 3.05) is 23.4 Å². The van der Waals surface area contributed by atoms with E-state index in [2.05, 4.69) is 10.4 Å². The summed E-state index contributed by atoms with van der Waals surface area (Å²) in [4.78, 5) is 38.1. The van der Waals surface area contributed by atoms with Gasteiger partial charge in [0.2, 0.25) is 11.8 Å². The maximum atomic E-state index is 14.1. The molecule has 1 saturated heterocycles. The third-order valence-corrected chi connectivity index (χ3v) is 5.15. The summed E-state index contributed by atoms with van der Waals surface area (Å²) >= 11 is 0. The number of halogens is 2. The minimum absolute atomic E-state index is 0.0189. The van der Waals surface area contributed by atoms with Crippen LogP contribution in [0.5, 0.6) is 0 Å². The number of amides is 2. The van der Waals surface area contributed by atoms with Crippen LogP contribution in [-0.2, 0) is 14.3 Å². The summed E-state index contributed by atoms with van der Waals surface area (Å²) in [6.45, 7) is 1.92. The molecule has 1 fully saturated rings. The molecule has 170 valence electrons. The van der Waals surface area contributed by atoms with E-state index in [1.807, 2.05) is 0 Å². The van der Waals surface area contributed by atoms with E-state index in [0.29, 0.717) is 17.4 Å². The maximum Gasteiger partial charge on any atom is 0.358 e. The number of carbonyl (C=O) groups excluding carboxylic acids is 3. The molecule has 10 heteroatoms. The lowest BCUT2D eigenvalue weighted by atomic mass is 10.1. The molecule has 33 heavy (non-hydrogen) atoms. The Balaban J connectivity index is 1.45. The number of rotatable bonds is 6. The normalized spacial score (nSPS) is 15.5. The first kappa shape index (κ1) is 22.1. The highest BCUT2D eigenvalue weighted by atomic mass is 19.1. The lowest BCUT2D eigenvalue weighted by Crippen LogP contribution is -2.28. The fourth-order valence-corrected chi connectivity index (χ4v) is 3.57. The van der Waals surface area contributed by atoms with E-state index in [9.17, 15) is 23.2 Å². The average Bonchev–Trinajstić information content (AvgIpc) is 3.42. The summed E-state index contributed by atoms with van der Waals surface area (Å²) in [7, 11) is 0. The standard InChI is InChI=1S/C23H20F2N4O4/c1-2-33-23(32)19-8-9-29(27-19)17-5-3-4-16(12-17)26-22(31)14-10-21(30)28(13-14)20-7-6-15(24)11-18(20)25/h3-9,11-12,14H,2,10,13H2,1H3,(H,26,31). The Morgan fingerprint density at radius 3 is 2.76 bits per heavy atom. The van der Waals surface area contributed by atoms with Gasteiger partial charge in [0.1, 0.15) is 11.6 Å². The van der Waals surface area contributed by atoms with Crippen molar-refractivity contribution in [3.63, 3.8) is 0 Å². The molecule has 1 aromatic heterocycles. The van der Waals surface area contributed by atoms with Crippen LogP contribution in [0.1, 0.15) is 23.8 Å². The van der Waals surface area contributed by atoms with Crippen LogP contribution in [-0.4, -0.2) is 40.7 Å². The first-order valence-corrected chi connectivity index (χ1v) is 10.2. The number of benzene rings is 2. The van der Waals surface area contributed by atoms with Gasteiger partial charge in [-0.3, -0.25) is 9.59 Å². The van der Waals surface area contributed by atoms with E-state index in [-0.39, 0.29) is 31.0 Å². The molecule has 3 aromatic rings. The summed E-state index contributed by atoms with van der Waals surface area (Å²) in [6.07, 6.45) is 1.50. The van der Waals surface area contributed by atoms with Gasteiger partial charge in [-0.1, -0.05) is 6.07 Å². The van der Waals surface area contributed by atoms with E-state index in [1.54, 1.807) is 37.4 Å². The van der Waals surface area contributed by atoms with Gasteiger partial charge in [0.25, 0.3) is 0 Å². The third kappa shape index (κ3) is 4.74. The second-order valence-electron chi connectivity index (χ2n) is 7.41. The molecule has 1 unspecified atom stereocenters. The number of aromatic nitrogens is 2. The average molecular weight is 454 g/mol. The van der Waals surface area contributed by atoms with Crippen molar-refractivity contribution < 1.29 is 27.9 Å². The monoisotopic (exact) mass is 454 g/mol. The highest BCUT2D eigenvalue weighted by molar-refractivity contribution is 6.03. The maximum absolute atomic E-state index is 14.1. The zero-order valence-electron chi connectivity index (χ0n) is 17.6. The Labute approximate surface area is 187 Å². The fourth-order valence-electron chi connectivity index (χ4n) is 3.57. The number of nitrogens with zero attached hydrogens (tertiary/aromatic N) is 3. The first-order valence-electron chi connectivity index (χ1n) is 10.2. The number of esters is 1. The first-order chi connectivity index (χ1) is 15.9. The van der Waals surface area contributed by atoms with E-state index >= 15 is 0 Å². The molecule has 0 saturated carbocycles. The molecule has 0 spiro atoms. The number of ether oxygens (including phenoxy) is 1. The molecule has 2 aromatic carbocycles. The Bertz CT molecular complexity index is 1230. The van der Waals surface area contributed by atoms with Crippen molar-refractivity contribution in [3.05, 3.63) is 72.1 Å². The topological polar surface area (TPSA) is 93.5 Å². The fraction of sp³-hybridized carbons (Fsp3) is 0.217. The number of carbonyl (C=O) groups is 3. The van der Waals surface area contributed by atoms with Crippen LogP contribution in [0, 0.1) is 17.6 Å². The third-order valence-electron chi connectivity index (χ3n) is 5.15.